The highest BCUT2D eigenvalue weighted by molar-refractivity contribution is 9.12. The molecule has 0 radical (unpaired) electrons. The van der Waals surface area contributed by atoms with Crippen molar-refractivity contribution in [1.29, 1.82) is 0 Å². The first-order valence-electron chi connectivity index (χ1n) is 13.8. The summed E-state index contributed by atoms with van der Waals surface area (Å²) in [7, 11) is 0. The topological polar surface area (TPSA) is 97.1 Å². The number of carbonyl (C=O) groups excluding carboxylic acids is 1. The number of aromatic nitrogens is 3. The highest BCUT2D eigenvalue weighted by Gasteiger charge is 2.53. The Morgan fingerprint density at radius 1 is 1.08 bits per heavy atom. The molecule has 2 heterocycles. The van der Waals surface area contributed by atoms with Crippen LogP contribution in [0.5, 0.6) is 0 Å². The van der Waals surface area contributed by atoms with Crippen molar-refractivity contribution in [3.8, 4) is 5.69 Å². The standard InChI is InChI=1S/C30H33BrN4O3/c31-24-25(30(26(24)36)15-5-2-6-16-30)33-23(29(37)38)18-19-11-13-21(14-12-19)35-27(20-8-3-1-4-9-20)34-22-10-7-17-32-28(22)35/h7,10-14,17,20,23,33H,1-6,8-9,15-16,18H2,(H,37,38)/t23-/m0/s1. The van der Waals surface area contributed by atoms with Crippen molar-refractivity contribution in [3.63, 3.8) is 0 Å². The van der Waals surface area contributed by atoms with Crippen molar-refractivity contribution in [3.05, 3.63) is 64.2 Å². The molecule has 0 saturated heterocycles. The summed E-state index contributed by atoms with van der Waals surface area (Å²) in [5, 5.41) is 13.3. The normalized spacial score (nSPS) is 20.5. The van der Waals surface area contributed by atoms with Gasteiger partial charge in [0.15, 0.2) is 11.4 Å². The van der Waals surface area contributed by atoms with Gasteiger partial charge in [0.2, 0.25) is 0 Å². The number of fused-ring (bicyclic) bond motifs is 1. The van der Waals surface area contributed by atoms with Gasteiger partial charge in [0.05, 0.1) is 9.90 Å². The number of carbonyl (C=O) groups is 2. The first-order chi connectivity index (χ1) is 18.5. The molecule has 3 aromatic rings. The second kappa shape index (κ2) is 10.3. The van der Waals surface area contributed by atoms with Gasteiger partial charge in [-0.1, -0.05) is 50.7 Å². The van der Waals surface area contributed by atoms with Crippen LogP contribution in [-0.2, 0) is 16.0 Å². The van der Waals surface area contributed by atoms with Gasteiger partial charge in [-0.15, -0.1) is 0 Å². The van der Waals surface area contributed by atoms with E-state index in [-0.39, 0.29) is 5.78 Å². The molecule has 2 saturated carbocycles. The fourth-order valence-electron chi connectivity index (χ4n) is 6.63. The van der Waals surface area contributed by atoms with Gasteiger partial charge in [0.25, 0.3) is 0 Å². The predicted molar refractivity (Wildman–Crippen MR) is 149 cm³/mol. The lowest BCUT2D eigenvalue weighted by atomic mass is 9.62. The lowest BCUT2D eigenvalue weighted by Crippen LogP contribution is -2.53. The molecular weight excluding hydrogens is 544 g/mol. The minimum atomic E-state index is -0.920. The van der Waals surface area contributed by atoms with Crippen LogP contribution in [0.1, 0.15) is 81.5 Å². The number of nitrogens with zero attached hydrogens (tertiary/aromatic N) is 3. The summed E-state index contributed by atoms with van der Waals surface area (Å²) < 4.78 is 2.69. The molecule has 3 aliphatic rings. The zero-order valence-corrected chi connectivity index (χ0v) is 23.0. The third kappa shape index (κ3) is 4.36. The van der Waals surface area contributed by atoms with Crippen molar-refractivity contribution >= 4 is 38.8 Å². The van der Waals surface area contributed by atoms with E-state index < -0.39 is 17.4 Å². The van der Waals surface area contributed by atoms with Gasteiger partial charge in [0, 0.05) is 29.9 Å². The van der Waals surface area contributed by atoms with Gasteiger partial charge in [-0.25, -0.2) is 14.8 Å². The number of aliphatic carboxylic acids is 1. The van der Waals surface area contributed by atoms with Crippen LogP contribution in [0, 0.1) is 5.41 Å². The summed E-state index contributed by atoms with van der Waals surface area (Å²) in [5.74, 6) is 0.683. The van der Waals surface area contributed by atoms with Gasteiger partial charge in [-0.05, 0) is 71.4 Å². The van der Waals surface area contributed by atoms with Crippen molar-refractivity contribution < 1.29 is 14.7 Å². The van der Waals surface area contributed by atoms with E-state index in [1.165, 1.54) is 19.3 Å². The van der Waals surface area contributed by atoms with E-state index in [1.807, 2.05) is 36.4 Å². The first-order valence-corrected chi connectivity index (χ1v) is 14.6. The van der Waals surface area contributed by atoms with Crippen LogP contribution in [0.25, 0.3) is 16.9 Å². The Morgan fingerprint density at radius 2 is 1.79 bits per heavy atom. The van der Waals surface area contributed by atoms with Crippen molar-refractivity contribution in [2.24, 2.45) is 5.41 Å². The molecule has 38 heavy (non-hydrogen) atoms. The smallest absolute Gasteiger partial charge is 0.326 e. The number of pyridine rings is 1. The molecule has 2 fully saturated rings. The zero-order valence-electron chi connectivity index (χ0n) is 21.5. The van der Waals surface area contributed by atoms with E-state index in [0.29, 0.717) is 16.8 Å². The number of nitrogens with one attached hydrogen (secondary N) is 1. The van der Waals surface area contributed by atoms with Crippen LogP contribution in [0.15, 0.2) is 52.8 Å². The maximum atomic E-state index is 12.7. The summed E-state index contributed by atoms with van der Waals surface area (Å²) in [5.41, 5.74) is 3.92. The van der Waals surface area contributed by atoms with E-state index in [2.05, 4.69) is 30.8 Å². The molecule has 0 aliphatic heterocycles. The molecule has 2 N–H and O–H groups in total. The zero-order chi connectivity index (χ0) is 26.3. The van der Waals surface area contributed by atoms with E-state index in [0.717, 1.165) is 78.9 Å². The van der Waals surface area contributed by atoms with Crippen LogP contribution < -0.4 is 5.32 Å². The third-order valence-corrected chi connectivity index (χ3v) is 9.46. The van der Waals surface area contributed by atoms with E-state index in [1.54, 1.807) is 6.20 Å². The average molecular weight is 578 g/mol. The second-order valence-corrected chi connectivity index (χ2v) is 11.8. The first kappa shape index (κ1) is 25.3. The van der Waals surface area contributed by atoms with Gasteiger partial charge in [-0.3, -0.25) is 9.36 Å². The summed E-state index contributed by atoms with van der Waals surface area (Å²) in [6.07, 6.45) is 12.8. The summed E-state index contributed by atoms with van der Waals surface area (Å²) in [4.78, 5) is 34.6. The van der Waals surface area contributed by atoms with Crippen LogP contribution in [0.3, 0.4) is 0 Å². The molecule has 6 rings (SSSR count). The Hall–Kier alpha value is -3.00. The lowest BCUT2D eigenvalue weighted by Gasteiger charge is -2.46. The number of imidazole rings is 1. The number of benzene rings is 1. The molecule has 0 bridgehead atoms. The van der Waals surface area contributed by atoms with E-state index in [4.69, 9.17) is 4.98 Å². The van der Waals surface area contributed by atoms with Gasteiger partial charge >= 0.3 is 5.97 Å². The highest BCUT2D eigenvalue weighted by atomic mass is 79.9. The second-order valence-electron chi connectivity index (χ2n) is 11.1. The van der Waals surface area contributed by atoms with Crippen molar-refractivity contribution in [2.75, 3.05) is 0 Å². The molecule has 198 valence electrons. The van der Waals surface area contributed by atoms with Gasteiger partial charge in [-0.2, -0.15) is 0 Å². The number of hydrogen-bond acceptors (Lipinski definition) is 5. The number of carboxylic acid groups (broad SMARTS) is 1. The Labute approximate surface area is 230 Å². The fraction of sp³-hybridized carbons (Fsp3) is 0.467. The third-order valence-electron chi connectivity index (χ3n) is 8.70. The molecular formula is C30H33BrN4O3. The maximum absolute atomic E-state index is 12.7. The lowest BCUT2D eigenvalue weighted by molar-refractivity contribution is -0.140. The summed E-state index contributed by atoms with van der Waals surface area (Å²) >= 11 is 3.42. The number of hydrogen-bond donors (Lipinski definition) is 2. The Morgan fingerprint density at radius 3 is 2.50 bits per heavy atom. The SMILES string of the molecule is O=C(O)[C@H](Cc1ccc(-n2c(C3CCCCC3)nc3cccnc32)cc1)NC1=C(Br)C(=O)C12CCCCC2. The summed E-state index contributed by atoms with van der Waals surface area (Å²) in [6, 6.07) is 11.2. The number of allylic oxidation sites excluding steroid dienone is 2. The van der Waals surface area contributed by atoms with Crippen LogP contribution in [-0.4, -0.2) is 37.4 Å². The highest BCUT2D eigenvalue weighted by Crippen LogP contribution is 2.53. The van der Waals surface area contributed by atoms with Crippen LogP contribution >= 0.6 is 15.9 Å². The minimum absolute atomic E-state index is 0.114. The van der Waals surface area contributed by atoms with Crippen molar-refractivity contribution in [2.45, 2.75) is 82.6 Å². The molecule has 0 amide bonds. The quantitative estimate of drug-likeness (QED) is 0.348. The van der Waals surface area contributed by atoms with Crippen LogP contribution in [0.4, 0.5) is 0 Å². The largest absolute Gasteiger partial charge is 0.480 e. The van der Waals surface area contributed by atoms with Crippen LogP contribution in [0.2, 0.25) is 0 Å². The number of Topliss-reactive ketones (excluding diaryl/α,β-unsaturated/α-hetero) is 1. The number of ketones is 1. The number of halogens is 1. The molecule has 1 spiro atoms. The molecule has 1 aromatic carbocycles. The van der Waals surface area contributed by atoms with Gasteiger partial charge in [0.1, 0.15) is 17.4 Å². The average Bonchev–Trinajstić information content (AvgIpc) is 3.35. The number of rotatable bonds is 7. The monoisotopic (exact) mass is 576 g/mol. The predicted octanol–water partition coefficient (Wildman–Crippen LogP) is 6.19. The molecule has 7 nitrogen and oxygen atoms in total. The van der Waals surface area contributed by atoms with Gasteiger partial charge < -0.3 is 10.4 Å². The minimum Gasteiger partial charge on any atom is -0.480 e. The maximum Gasteiger partial charge on any atom is 0.326 e. The Bertz CT molecular complexity index is 1400. The Balaban J connectivity index is 1.25. The molecule has 2 aromatic heterocycles. The van der Waals surface area contributed by atoms with E-state index >= 15 is 0 Å². The molecule has 3 aliphatic carbocycles. The summed E-state index contributed by atoms with van der Waals surface area (Å²) in [6.45, 7) is 0. The molecule has 8 heteroatoms. The van der Waals surface area contributed by atoms with Crippen molar-refractivity contribution in [1.82, 2.24) is 19.9 Å². The number of carboxylic acids is 1. The fourth-order valence-corrected chi connectivity index (χ4v) is 7.50. The molecule has 0 unspecified atom stereocenters. The molecule has 1 atom stereocenters. The Kier molecular flexibility index (Phi) is 6.84. The van der Waals surface area contributed by atoms with E-state index in [9.17, 15) is 14.7 Å².